The molecule has 106 valence electrons. The number of alkyl halides is 1. The van der Waals surface area contributed by atoms with Crippen molar-refractivity contribution in [2.45, 2.75) is 0 Å². The summed E-state index contributed by atoms with van der Waals surface area (Å²) in [4.78, 5) is 0.613. The van der Waals surface area contributed by atoms with E-state index in [4.69, 9.17) is 0 Å². The maximum Gasteiger partial charge on any atom is 0.116 e. The van der Waals surface area contributed by atoms with Gasteiger partial charge in [-0.25, -0.2) is 4.39 Å². The van der Waals surface area contributed by atoms with Crippen molar-refractivity contribution in [1.82, 2.24) is 0 Å². The number of hydrogen-bond acceptors (Lipinski definition) is 1. The molecule has 0 spiro atoms. The van der Waals surface area contributed by atoms with Crippen LogP contribution in [-0.2, 0) is 10.8 Å². The van der Waals surface area contributed by atoms with Crippen molar-refractivity contribution < 1.29 is 8.60 Å². The molecule has 1 aliphatic rings. The van der Waals surface area contributed by atoms with E-state index in [2.05, 4.69) is 0 Å². The normalized spacial score (nSPS) is 17.1. The molecule has 1 aliphatic carbocycles. The highest BCUT2D eigenvalue weighted by atomic mass is 32.2. The van der Waals surface area contributed by atoms with E-state index in [1.165, 1.54) is 0 Å². The maximum atomic E-state index is 13.5. The van der Waals surface area contributed by atoms with Crippen LogP contribution in [0.1, 0.15) is 16.7 Å². The Labute approximate surface area is 126 Å². The topological polar surface area (TPSA) is 17.1 Å². The average Bonchev–Trinajstić information content (AvgIpc) is 2.82. The van der Waals surface area contributed by atoms with Crippen LogP contribution in [0.3, 0.4) is 0 Å². The Morgan fingerprint density at radius 3 is 2.24 bits per heavy atom. The Hall–Kier alpha value is -2.00. The highest BCUT2D eigenvalue weighted by Gasteiger charge is 2.28. The lowest BCUT2D eigenvalue weighted by molar-refractivity contribution is 0.571. The largest absolute Gasteiger partial charge is 0.255 e. The molecule has 0 bridgehead atoms. The lowest BCUT2D eigenvalue weighted by atomic mass is 10.0. The Morgan fingerprint density at radius 2 is 1.62 bits per heavy atom. The lowest BCUT2D eigenvalue weighted by Gasteiger charge is -2.05. The molecule has 0 saturated carbocycles. The standard InChI is InChI=1S/C18H15FOS/c1-21(20)18-16(11-13-7-3-2-4-8-13)14-9-5-6-10-15(14)17(18)12-19/h2-11H,12H2,1H3. The Morgan fingerprint density at radius 1 is 1.00 bits per heavy atom. The second-order valence-electron chi connectivity index (χ2n) is 4.91. The minimum atomic E-state index is -1.23. The van der Waals surface area contributed by atoms with Crippen LogP contribution in [0.4, 0.5) is 4.39 Å². The van der Waals surface area contributed by atoms with Gasteiger partial charge in [-0.3, -0.25) is 4.21 Å². The van der Waals surface area contributed by atoms with Crippen molar-refractivity contribution in [3.8, 4) is 0 Å². The second-order valence-corrected chi connectivity index (χ2v) is 6.23. The molecule has 0 radical (unpaired) electrons. The van der Waals surface area contributed by atoms with E-state index in [0.29, 0.717) is 10.5 Å². The molecule has 0 amide bonds. The number of fused-ring (bicyclic) bond motifs is 1. The Bertz CT molecular complexity index is 760. The third-order valence-corrected chi connectivity index (χ3v) is 4.63. The molecule has 0 N–H and O–H groups in total. The quantitative estimate of drug-likeness (QED) is 0.825. The van der Waals surface area contributed by atoms with E-state index in [1.807, 2.05) is 60.7 Å². The first-order chi connectivity index (χ1) is 10.2. The summed E-state index contributed by atoms with van der Waals surface area (Å²) >= 11 is 0. The summed E-state index contributed by atoms with van der Waals surface area (Å²) in [7, 11) is -1.23. The fourth-order valence-electron chi connectivity index (χ4n) is 2.71. The molecular weight excluding hydrogens is 283 g/mol. The number of benzene rings is 2. The third kappa shape index (κ3) is 2.49. The highest BCUT2D eigenvalue weighted by molar-refractivity contribution is 7.89. The lowest BCUT2D eigenvalue weighted by Crippen LogP contribution is -1.94. The zero-order chi connectivity index (χ0) is 14.8. The Balaban J connectivity index is 2.25. The van der Waals surface area contributed by atoms with Crippen LogP contribution < -0.4 is 0 Å². The molecule has 0 saturated heterocycles. The van der Waals surface area contributed by atoms with Gasteiger partial charge in [0.15, 0.2) is 0 Å². The van der Waals surface area contributed by atoms with Crippen LogP contribution >= 0.6 is 0 Å². The van der Waals surface area contributed by atoms with Gasteiger partial charge in [0, 0.05) is 11.8 Å². The number of rotatable bonds is 3. The first-order valence-electron chi connectivity index (χ1n) is 6.72. The predicted molar refractivity (Wildman–Crippen MR) is 87.7 cm³/mol. The van der Waals surface area contributed by atoms with Gasteiger partial charge < -0.3 is 0 Å². The van der Waals surface area contributed by atoms with Gasteiger partial charge in [-0.1, -0.05) is 54.6 Å². The molecule has 3 heteroatoms. The molecule has 1 unspecified atom stereocenters. The third-order valence-electron chi connectivity index (χ3n) is 3.59. The summed E-state index contributed by atoms with van der Waals surface area (Å²) in [6.07, 6.45) is 3.59. The van der Waals surface area contributed by atoms with Crippen molar-refractivity contribution in [1.29, 1.82) is 0 Å². The van der Waals surface area contributed by atoms with Gasteiger partial charge in [0.1, 0.15) is 6.67 Å². The van der Waals surface area contributed by atoms with E-state index in [0.717, 1.165) is 22.3 Å². The van der Waals surface area contributed by atoms with Crippen LogP contribution in [0.15, 0.2) is 59.5 Å². The van der Waals surface area contributed by atoms with Crippen LogP contribution in [0.25, 0.3) is 17.2 Å². The molecule has 2 aromatic rings. The van der Waals surface area contributed by atoms with Gasteiger partial charge in [-0.05, 0) is 28.3 Å². The van der Waals surface area contributed by atoms with Crippen LogP contribution in [0, 0.1) is 0 Å². The summed E-state index contributed by atoms with van der Waals surface area (Å²) in [6.45, 7) is -0.599. The van der Waals surface area contributed by atoms with E-state index in [9.17, 15) is 8.60 Å². The molecule has 0 aromatic heterocycles. The van der Waals surface area contributed by atoms with Gasteiger partial charge in [-0.15, -0.1) is 0 Å². The summed E-state index contributed by atoms with van der Waals surface area (Å²) in [5.41, 5.74) is 4.25. The molecule has 1 nitrogen and oxygen atoms in total. The van der Waals surface area contributed by atoms with Crippen molar-refractivity contribution in [2.75, 3.05) is 12.9 Å². The van der Waals surface area contributed by atoms with Crippen molar-refractivity contribution in [3.05, 3.63) is 76.2 Å². The van der Waals surface area contributed by atoms with Crippen molar-refractivity contribution in [3.63, 3.8) is 0 Å². The Kier molecular flexibility index (Phi) is 3.84. The van der Waals surface area contributed by atoms with Crippen LogP contribution in [0.5, 0.6) is 0 Å². The van der Waals surface area contributed by atoms with Crippen molar-refractivity contribution in [2.24, 2.45) is 0 Å². The fourth-order valence-corrected chi connectivity index (χ4v) is 3.70. The van der Waals surface area contributed by atoms with Crippen LogP contribution in [0.2, 0.25) is 0 Å². The molecular formula is C18H15FOS. The summed E-state index contributed by atoms with van der Waals surface area (Å²) < 4.78 is 25.6. The summed E-state index contributed by atoms with van der Waals surface area (Å²) in [5, 5.41) is 0. The van der Waals surface area contributed by atoms with Gasteiger partial charge in [-0.2, -0.15) is 0 Å². The summed E-state index contributed by atoms with van der Waals surface area (Å²) in [5.74, 6) is 0. The van der Waals surface area contributed by atoms with Gasteiger partial charge in [0.05, 0.1) is 15.7 Å². The van der Waals surface area contributed by atoms with E-state index in [1.54, 1.807) is 6.26 Å². The van der Waals surface area contributed by atoms with Crippen LogP contribution in [-0.4, -0.2) is 17.1 Å². The fraction of sp³-hybridized carbons (Fsp3) is 0.111. The van der Waals surface area contributed by atoms with Gasteiger partial charge in [0.25, 0.3) is 0 Å². The van der Waals surface area contributed by atoms with E-state index >= 15 is 0 Å². The minimum Gasteiger partial charge on any atom is -0.255 e. The number of allylic oxidation sites excluding steroid dienone is 2. The molecule has 3 rings (SSSR count). The zero-order valence-electron chi connectivity index (χ0n) is 11.7. The smallest absolute Gasteiger partial charge is 0.116 e. The minimum absolute atomic E-state index is 0.550. The second kappa shape index (κ2) is 5.78. The molecule has 0 aliphatic heterocycles. The van der Waals surface area contributed by atoms with Gasteiger partial charge >= 0.3 is 0 Å². The predicted octanol–water partition coefficient (Wildman–Crippen LogP) is 4.30. The summed E-state index contributed by atoms with van der Waals surface area (Å²) in [6, 6.07) is 17.5. The molecule has 2 aromatic carbocycles. The number of hydrogen-bond donors (Lipinski definition) is 0. The monoisotopic (exact) mass is 298 g/mol. The molecule has 21 heavy (non-hydrogen) atoms. The average molecular weight is 298 g/mol. The number of halogens is 1. The highest BCUT2D eigenvalue weighted by Crippen LogP contribution is 2.43. The maximum absolute atomic E-state index is 13.5. The van der Waals surface area contributed by atoms with E-state index < -0.39 is 17.5 Å². The SMILES string of the molecule is CS(=O)C1=C(CF)c2ccccc2C1=Cc1ccccc1. The molecule has 0 fully saturated rings. The molecule has 0 heterocycles. The van der Waals surface area contributed by atoms with Gasteiger partial charge in [0.2, 0.25) is 0 Å². The van der Waals surface area contributed by atoms with Crippen molar-refractivity contribution >= 4 is 28.0 Å². The zero-order valence-corrected chi connectivity index (χ0v) is 12.5. The molecule has 1 atom stereocenters. The first kappa shape index (κ1) is 14.0. The van der Waals surface area contributed by atoms with E-state index in [-0.39, 0.29) is 0 Å². The first-order valence-corrected chi connectivity index (χ1v) is 8.27.